The normalized spacial score (nSPS) is 10.3. The Morgan fingerprint density at radius 2 is 1.78 bits per heavy atom. The molecule has 0 amide bonds. The Kier molecular flexibility index (Phi) is 5.88. The molecule has 0 spiro atoms. The van der Waals surface area contributed by atoms with Crippen molar-refractivity contribution >= 4 is 12.4 Å². The molecule has 0 saturated heterocycles. The molecule has 0 aliphatic carbocycles. The Hall–Kier alpha value is -1.33. The van der Waals surface area contributed by atoms with E-state index in [1.165, 1.54) is 11.1 Å². The van der Waals surface area contributed by atoms with Crippen molar-refractivity contribution in [1.82, 2.24) is 24.9 Å². The third-order valence-corrected chi connectivity index (χ3v) is 2.56. The fourth-order valence-electron chi connectivity index (χ4n) is 1.76. The Labute approximate surface area is 114 Å². The standard InChI is InChI=1S/C12H19N5.ClH/c1-3-4-17-10-12(8-15-17)6-13-5-11-7-14-16(2)9-11;/h7-10,13H,3-6H2,1-2H3;1H. The fourth-order valence-corrected chi connectivity index (χ4v) is 1.76. The third-order valence-electron chi connectivity index (χ3n) is 2.56. The van der Waals surface area contributed by atoms with E-state index in [2.05, 4.69) is 28.6 Å². The van der Waals surface area contributed by atoms with Gasteiger partial charge in [0.2, 0.25) is 0 Å². The van der Waals surface area contributed by atoms with Crippen LogP contribution in [0, 0.1) is 0 Å². The van der Waals surface area contributed by atoms with Gasteiger partial charge in [-0.25, -0.2) is 0 Å². The lowest BCUT2D eigenvalue weighted by atomic mass is 10.3. The summed E-state index contributed by atoms with van der Waals surface area (Å²) in [5.41, 5.74) is 2.43. The van der Waals surface area contributed by atoms with Crippen LogP contribution in [0.4, 0.5) is 0 Å². The van der Waals surface area contributed by atoms with E-state index in [1.807, 2.05) is 35.0 Å². The van der Waals surface area contributed by atoms with Gasteiger partial charge < -0.3 is 5.32 Å². The molecular weight excluding hydrogens is 250 g/mol. The summed E-state index contributed by atoms with van der Waals surface area (Å²) in [6.07, 6.45) is 9.04. The summed E-state index contributed by atoms with van der Waals surface area (Å²) in [5, 5.41) is 11.8. The zero-order valence-electron chi connectivity index (χ0n) is 10.8. The minimum atomic E-state index is 0. The summed E-state index contributed by atoms with van der Waals surface area (Å²) in [4.78, 5) is 0. The molecule has 100 valence electrons. The molecule has 2 heterocycles. The van der Waals surface area contributed by atoms with Crippen molar-refractivity contribution in [2.75, 3.05) is 0 Å². The van der Waals surface area contributed by atoms with E-state index < -0.39 is 0 Å². The number of hydrogen-bond acceptors (Lipinski definition) is 3. The van der Waals surface area contributed by atoms with Crippen LogP contribution >= 0.6 is 12.4 Å². The summed E-state index contributed by atoms with van der Waals surface area (Å²) in [6.45, 7) is 4.83. The predicted octanol–water partition coefficient (Wildman–Crippen LogP) is 1.74. The average molecular weight is 270 g/mol. The highest BCUT2D eigenvalue weighted by atomic mass is 35.5. The van der Waals surface area contributed by atoms with Crippen LogP contribution in [-0.4, -0.2) is 19.6 Å². The van der Waals surface area contributed by atoms with E-state index in [9.17, 15) is 0 Å². The number of aryl methyl sites for hydroxylation is 2. The van der Waals surface area contributed by atoms with Crippen LogP contribution in [0.1, 0.15) is 24.5 Å². The van der Waals surface area contributed by atoms with Gasteiger partial charge >= 0.3 is 0 Å². The van der Waals surface area contributed by atoms with E-state index in [0.29, 0.717) is 0 Å². The largest absolute Gasteiger partial charge is 0.308 e. The quantitative estimate of drug-likeness (QED) is 0.869. The summed E-state index contributed by atoms with van der Waals surface area (Å²) in [5.74, 6) is 0. The molecule has 0 aliphatic heterocycles. The Balaban J connectivity index is 0.00000162. The van der Waals surface area contributed by atoms with Gasteiger partial charge in [0.15, 0.2) is 0 Å². The highest BCUT2D eigenvalue weighted by Crippen LogP contribution is 2.00. The van der Waals surface area contributed by atoms with Gasteiger partial charge in [0.1, 0.15) is 0 Å². The Morgan fingerprint density at radius 3 is 2.39 bits per heavy atom. The molecule has 2 aromatic rings. The molecule has 5 nitrogen and oxygen atoms in total. The van der Waals surface area contributed by atoms with Gasteiger partial charge in [0.25, 0.3) is 0 Å². The highest BCUT2D eigenvalue weighted by Gasteiger charge is 1.99. The molecule has 0 atom stereocenters. The van der Waals surface area contributed by atoms with Crippen LogP contribution < -0.4 is 5.32 Å². The molecule has 0 unspecified atom stereocenters. The Morgan fingerprint density at radius 1 is 1.11 bits per heavy atom. The van der Waals surface area contributed by atoms with Crippen molar-refractivity contribution < 1.29 is 0 Å². The van der Waals surface area contributed by atoms with E-state index in [0.717, 1.165) is 26.1 Å². The molecule has 2 rings (SSSR count). The van der Waals surface area contributed by atoms with Crippen LogP contribution in [-0.2, 0) is 26.7 Å². The second-order valence-corrected chi connectivity index (χ2v) is 4.24. The molecule has 6 heteroatoms. The van der Waals surface area contributed by atoms with E-state index in [1.54, 1.807) is 0 Å². The summed E-state index contributed by atoms with van der Waals surface area (Å²) in [6, 6.07) is 0. The molecule has 0 bridgehead atoms. The number of hydrogen-bond donors (Lipinski definition) is 1. The second-order valence-electron chi connectivity index (χ2n) is 4.24. The predicted molar refractivity (Wildman–Crippen MR) is 73.5 cm³/mol. The topological polar surface area (TPSA) is 47.7 Å². The molecule has 18 heavy (non-hydrogen) atoms. The molecule has 0 aromatic carbocycles. The van der Waals surface area contributed by atoms with E-state index >= 15 is 0 Å². The smallest absolute Gasteiger partial charge is 0.0534 e. The van der Waals surface area contributed by atoms with Gasteiger partial charge in [-0.2, -0.15) is 10.2 Å². The maximum Gasteiger partial charge on any atom is 0.0534 e. The maximum atomic E-state index is 4.30. The van der Waals surface area contributed by atoms with Crippen molar-refractivity contribution in [3.8, 4) is 0 Å². The summed E-state index contributed by atoms with van der Waals surface area (Å²) in [7, 11) is 1.93. The monoisotopic (exact) mass is 269 g/mol. The van der Waals surface area contributed by atoms with Crippen molar-refractivity contribution in [2.45, 2.75) is 33.0 Å². The van der Waals surface area contributed by atoms with Gasteiger partial charge in [0.05, 0.1) is 12.4 Å². The fraction of sp³-hybridized carbons (Fsp3) is 0.500. The minimum absolute atomic E-state index is 0. The first-order valence-electron chi connectivity index (χ1n) is 5.97. The van der Waals surface area contributed by atoms with Crippen molar-refractivity contribution in [1.29, 1.82) is 0 Å². The van der Waals surface area contributed by atoms with E-state index in [-0.39, 0.29) is 12.4 Å². The molecule has 0 aliphatic rings. The molecule has 0 radical (unpaired) electrons. The number of rotatable bonds is 6. The molecule has 2 aromatic heterocycles. The first-order chi connectivity index (χ1) is 8.28. The second kappa shape index (κ2) is 7.18. The SMILES string of the molecule is CCCn1cc(CNCc2cnn(C)c2)cn1.Cl. The van der Waals surface area contributed by atoms with Crippen LogP contribution in [0.3, 0.4) is 0 Å². The first-order valence-corrected chi connectivity index (χ1v) is 5.97. The summed E-state index contributed by atoms with van der Waals surface area (Å²) >= 11 is 0. The van der Waals surface area contributed by atoms with Crippen LogP contribution in [0.5, 0.6) is 0 Å². The van der Waals surface area contributed by atoms with Gasteiger partial charge in [-0.1, -0.05) is 6.92 Å². The molecular formula is C12H20ClN5. The van der Waals surface area contributed by atoms with Gasteiger partial charge in [-0.05, 0) is 6.42 Å². The molecule has 0 fully saturated rings. The number of aromatic nitrogens is 4. The van der Waals surface area contributed by atoms with Gasteiger partial charge in [-0.15, -0.1) is 12.4 Å². The number of nitrogens with zero attached hydrogens (tertiary/aromatic N) is 4. The zero-order valence-corrected chi connectivity index (χ0v) is 11.7. The van der Waals surface area contributed by atoms with Crippen molar-refractivity contribution in [2.24, 2.45) is 7.05 Å². The van der Waals surface area contributed by atoms with Crippen LogP contribution in [0.2, 0.25) is 0 Å². The molecule has 1 N–H and O–H groups in total. The average Bonchev–Trinajstić information content (AvgIpc) is 2.89. The maximum absolute atomic E-state index is 4.30. The van der Waals surface area contributed by atoms with Crippen molar-refractivity contribution in [3.05, 3.63) is 35.9 Å². The van der Waals surface area contributed by atoms with Gasteiger partial charge in [-0.3, -0.25) is 9.36 Å². The van der Waals surface area contributed by atoms with Crippen LogP contribution in [0.15, 0.2) is 24.8 Å². The van der Waals surface area contributed by atoms with Gasteiger partial charge in [0, 0.05) is 50.2 Å². The van der Waals surface area contributed by atoms with Crippen molar-refractivity contribution in [3.63, 3.8) is 0 Å². The van der Waals surface area contributed by atoms with Crippen LogP contribution in [0.25, 0.3) is 0 Å². The number of nitrogens with one attached hydrogen (secondary N) is 1. The Bertz CT molecular complexity index is 462. The third kappa shape index (κ3) is 4.16. The lowest BCUT2D eigenvalue weighted by molar-refractivity contribution is 0.601. The molecule has 0 saturated carbocycles. The lowest BCUT2D eigenvalue weighted by Gasteiger charge is -2.00. The number of halogens is 1. The highest BCUT2D eigenvalue weighted by molar-refractivity contribution is 5.85. The zero-order chi connectivity index (χ0) is 12.1. The summed E-state index contributed by atoms with van der Waals surface area (Å²) < 4.78 is 3.80. The van der Waals surface area contributed by atoms with E-state index in [4.69, 9.17) is 0 Å². The lowest BCUT2D eigenvalue weighted by Crippen LogP contribution is -2.11. The first kappa shape index (κ1) is 14.7. The minimum Gasteiger partial charge on any atom is -0.308 e.